The van der Waals surface area contributed by atoms with Crippen LogP contribution in [0, 0.1) is 0 Å². The number of nitrogens with zero attached hydrogens (tertiary/aromatic N) is 2. The number of carboxylic acids is 1. The molecule has 2 atom stereocenters. The van der Waals surface area contributed by atoms with Crippen LogP contribution in [0.4, 0.5) is 0 Å². The van der Waals surface area contributed by atoms with E-state index in [1.807, 2.05) is 13.8 Å². The van der Waals surface area contributed by atoms with E-state index in [-0.39, 0.29) is 22.5 Å². The van der Waals surface area contributed by atoms with Crippen LogP contribution in [0.25, 0.3) is 0 Å². The van der Waals surface area contributed by atoms with Gasteiger partial charge < -0.3 is 9.84 Å². The number of carbonyl (C=O) groups is 1. The zero-order valence-electron chi connectivity index (χ0n) is 14.9. The van der Waals surface area contributed by atoms with E-state index in [2.05, 4.69) is 4.90 Å². The highest BCUT2D eigenvalue weighted by Gasteiger charge is 2.35. The van der Waals surface area contributed by atoms with Crippen molar-refractivity contribution in [2.45, 2.75) is 37.2 Å². The maximum atomic E-state index is 12.9. The maximum Gasteiger partial charge on any atom is 0.335 e. The van der Waals surface area contributed by atoms with Crippen LogP contribution in [0.15, 0.2) is 29.2 Å². The van der Waals surface area contributed by atoms with E-state index in [0.29, 0.717) is 19.7 Å². The highest BCUT2D eigenvalue weighted by molar-refractivity contribution is 7.89. The Bertz CT molecular complexity index is 695. The largest absolute Gasteiger partial charge is 0.478 e. The van der Waals surface area contributed by atoms with Gasteiger partial charge in [0.1, 0.15) is 0 Å². The summed E-state index contributed by atoms with van der Waals surface area (Å²) in [5.41, 5.74) is -0.0274. The Morgan fingerprint density at radius 1 is 1.28 bits per heavy atom. The van der Waals surface area contributed by atoms with Gasteiger partial charge in [0, 0.05) is 45.4 Å². The van der Waals surface area contributed by atoms with Gasteiger partial charge in [0.05, 0.1) is 10.5 Å². The van der Waals surface area contributed by atoms with E-state index >= 15 is 0 Å². The SMILES string of the molecule is COCCCN1C(C)CN(S(=O)(=O)c2cccc(C(=O)O)c2)CC1C. The van der Waals surface area contributed by atoms with Crippen molar-refractivity contribution in [3.05, 3.63) is 29.8 Å². The summed E-state index contributed by atoms with van der Waals surface area (Å²) >= 11 is 0. The fourth-order valence-corrected chi connectivity index (χ4v) is 4.92. The molecule has 0 spiro atoms. The molecule has 0 aliphatic carbocycles. The minimum atomic E-state index is -3.71. The molecule has 1 aliphatic heterocycles. The quantitative estimate of drug-likeness (QED) is 0.732. The van der Waals surface area contributed by atoms with Crippen molar-refractivity contribution in [1.82, 2.24) is 9.21 Å². The summed E-state index contributed by atoms with van der Waals surface area (Å²) in [4.78, 5) is 13.4. The van der Waals surface area contributed by atoms with Crippen molar-refractivity contribution >= 4 is 16.0 Å². The topological polar surface area (TPSA) is 87.2 Å². The smallest absolute Gasteiger partial charge is 0.335 e. The predicted molar refractivity (Wildman–Crippen MR) is 94.3 cm³/mol. The van der Waals surface area contributed by atoms with Gasteiger partial charge in [0.15, 0.2) is 0 Å². The first-order valence-electron chi connectivity index (χ1n) is 8.35. The number of ether oxygens (including phenoxy) is 1. The van der Waals surface area contributed by atoms with Crippen molar-refractivity contribution in [2.24, 2.45) is 0 Å². The van der Waals surface area contributed by atoms with Gasteiger partial charge in [0.2, 0.25) is 10.0 Å². The van der Waals surface area contributed by atoms with Gasteiger partial charge >= 0.3 is 5.97 Å². The van der Waals surface area contributed by atoms with Crippen LogP contribution in [0.3, 0.4) is 0 Å². The molecule has 0 amide bonds. The second-order valence-electron chi connectivity index (χ2n) is 6.44. The predicted octanol–water partition coefficient (Wildman–Crippen LogP) is 1.50. The first-order valence-corrected chi connectivity index (χ1v) is 9.79. The number of rotatable bonds is 7. The van der Waals surface area contributed by atoms with Crippen LogP contribution in [-0.2, 0) is 14.8 Å². The Balaban J connectivity index is 2.16. The highest BCUT2D eigenvalue weighted by Crippen LogP contribution is 2.24. The van der Waals surface area contributed by atoms with Gasteiger partial charge in [-0.25, -0.2) is 13.2 Å². The van der Waals surface area contributed by atoms with Gasteiger partial charge in [-0.3, -0.25) is 4.90 Å². The van der Waals surface area contributed by atoms with Crippen molar-refractivity contribution in [3.63, 3.8) is 0 Å². The molecule has 1 fully saturated rings. The summed E-state index contributed by atoms with van der Waals surface area (Å²) in [6.07, 6.45) is 0.901. The number of carboxylic acid groups (broad SMARTS) is 1. The third-order valence-electron chi connectivity index (χ3n) is 4.55. The average Bonchev–Trinajstić information content (AvgIpc) is 2.57. The van der Waals surface area contributed by atoms with Crippen molar-refractivity contribution in [1.29, 1.82) is 0 Å². The van der Waals surface area contributed by atoms with E-state index in [1.54, 1.807) is 7.11 Å². The van der Waals surface area contributed by atoms with Crippen LogP contribution < -0.4 is 0 Å². The first kappa shape index (κ1) is 19.8. The van der Waals surface area contributed by atoms with E-state index in [4.69, 9.17) is 9.84 Å². The summed E-state index contributed by atoms with van der Waals surface area (Å²) < 4.78 is 32.4. The van der Waals surface area contributed by atoms with Gasteiger partial charge in [-0.2, -0.15) is 4.31 Å². The fraction of sp³-hybridized carbons (Fsp3) is 0.588. The van der Waals surface area contributed by atoms with Crippen LogP contribution in [-0.4, -0.2) is 74.1 Å². The van der Waals surface area contributed by atoms with Gasteiger partial charge in [-0.1, -0.05) is 6.07 Å². The van der Waals surface area contributed by atoms with Crippen LogP contribution >= 0.6 is 0 Å². The zero-order chi connectivity index (χ0) is 18.6. The summed E-state index contributed by atoms with van der Waals surface area (Å²) in [6.45, 7) is 6.34. The highest BCUT2D eigenvalue weighted by atomic mass is 32.2. The maximum absolute atomic E-state index is 12.9. The lowest BCUT2D eigenvalue weighted by molar-refractivity contribution is 0.0665. The molecular weight excluding hydrogens is 344 g/mol. The number of benzene rings is 1. The molecule has 140 valence electrons. The van der Waals surface area contributed by atoms with Crippen LogP contribution in [0.1, 0.15) is 30.6 Å². The van der Waals surface area contributed by atoms with Gasteiger partial charge in [-0.15, -0.1) is 0 Å². The molecule has 7 nitrogen and oxygen atoms in total. The number of hydrogen-bond acceptors (Lipinski definition) is 5. The Labute approximate surface area is 149 Å². The summed E-state index contributed by atoms with van der Waals surface area (Å²) in [7, 11) is -2.04. The second kappa shape index (κ2) is 8.27. The van der Waals surface area contributed by atoms with Crippen molar-refractivity contribution < 1.29 is 23.1 Å². The number of methoxy groups -OCH3 is 1. The molecule has 2 rings (SSSR count). The number of aromatic carboxylic acids is 1. The number of hydrogen-bond donors (Lipinski definition) is 1. The Morgan fingerprint density at radius 3 is 2.48 bits per heavy atom. The molecule has 1 aromatic rings. The molecule has 1 saturated heterocycles. The number of sulfonamides is 1. The first-order chi connectivity index (χ1) is 11.8. The molecule has 1 aliphatic rings. The molecule has 0 bridgehead atoms. The molecule has 0 saturated carbocycles. The minimum Gasteiger partial charge on any atom is -0.478 e. The van der Waals surface area contributed by atoms with Gasteiger partial charge in [-0.05, 0) is 38.5 Å². The van der Waals surface area contributed by atoms with Crippen LogP contribution in [0.5, 0.6) is 0 Å². The standard InChI is InChI=1S/C17H26N2O5S/c1-13-11-18(12-14(2)19(13)8-5-9-24-3)25(22,23)16-7-4-6-15(10-16)17(20)21/h4,6-7,10,13-14H,5,8-9,11-12H2,1-3H3,(H,20,21). The summed E-state index contributed by atoms with van der Waals surface area (Å²) in [5.74, 6) is -1.14. The minimum absolute atomic E-state index is 0.0274. The Hall–Kier alpha value is -1.48. The molecule has 2 unspecified atom stereocenters. The lowest BCUT2D eigenvalue weighted by atomic mass is 10.1. The molecule has 25 heavy (non-hydrogen) atoms. The van der Waals surface area contributed by atoms with Crippen molar-refractivity contribution in [2.75, 3.05) is 33.4 Å². The summed E-state index contributed by atoms with van der Waals surface area (Å²) in [6, 6.07) is 5.68. The molecule has 0 aromatic heterocycles. The third-order valence-corrected chi connectivity index (χ3v) is 6.38. The molecule has 0 radical (unpaired) electrons. The van der Waals surface area contributed by atoms with E-state index < -0.39 is 16.0 Å². The normalized spacial score (nSPS) is 22.8. The fourth-order valence-electron chi connectivity index (χ4n) is 3.28. The second-order valence-corrected chi connectivity index (χ2v) is 8.38. The third kappa shape index (κ3) is 4.58. The lowest BCUT2D eigenvalue weighted by Gasteiger charge is -2.43. The molecular formula is C17H26N2O5S. The lowest BCUT2D eigenvalue weighted by Crippen LogP contribution is -2.58. The zero-order valence-corrected chi connectivity index (χ0v) is 15.7. The van der Waals surface area contributed by atoms with Gasteiger partial charge in [0.25, 0.3) is 0 Å². The molecule has 1 heterocycles. The van der Waals surface area contributed by atoms with Crippen molar-refractivity contribution in [3.8, 4) is 0 Å². The van der Waals surface area contributed by atoms with Crippen LogP contribution in [0.2, 0.25) is 0 Å². The molecule has 1 aromatic carbocycles. The van der Waals surface area contributed by atoms with E-state index in [9.17, 15) is 13.2 Å². The Kier molecular flexibility index (Phi) is 6.56. The summed E-state index contributed by atoms with van der Waals surface area (Å²) in [5, 5.41) is 9.08. The number of piperazine rings is 1. The van der Waals surface area contributed by atoms with E-state index in [1.165, 1.54) is 28.6 Å². The average molecular weight is 370 g/mol. The Morgan fingerprint density at radius 2 is 1.92 bits per heavy atom. The van der Waals surface area contributed by atoms with E-state index in [0.717, 1.165) is 13.0 Å². The molecule has 1 N–H and O–H groups in total. The monoisotopic (exact) mass is 370 g/mol. The molecule has 8 heteroatoms.